The van der Waals surface area contributed by atoms with E-state index in [1.807, 2.05) is 0 Å². The molecule has 0 radical (unpaired) electrons. The van der Waals surface area contributed by atoms with E-state index in [1.54, 1.807) is 26.2 Å². The normalized spacial score (nSPS) is 10.0. The van der Waals surface area contributed by atoms with E-state index >= 15 is 0 Å². The predicted octanol–water partition coefficient (Wildman–Crippen LogP) is -0.0332. The van der Waals surface area contributed by atoms with Crippen molar-refractivity contribution in [3.8, 4) is 0 Å². The van der Waals surface area contributed by atoms with E-state index in [0.29, 0.717) is 6.54 Å². The van der Waals surface area contributed by atoms with Gasteiger partial charge in [-0.15, -0.1) is 0 Å². The number of carbonyl (C=O) groups excluding carboxylic acids is 1. The third-order valence-electron chi connectivity index (χ3n) is 1.93. The molecule has 1 aromatic heterocycles. The fraction of sp³-hybridized carbons (Fsp3) is 0.444. The molecule has 1 aromatic rings. The Labute approximate surface area is 87.1 Å². The van der Waals surface area contributed by atoms with E-state index in [2.05, 4.69) is 5.10 Å². The molecule has 0 fully saturated rings. The number of hydrogen-bond acceptors (Lipinski definition) is 3. The molecule has 0 unspecified atom stereocenters. The maximum Gasteiger partial charge on any atom is 0.323 e. The molecule has 6 nitrogen and oxygen atoms in total. The van der Waals surface area contributed by atoms with Gasteiger partial charge in [-0.25, -0.2) is 0 Å². The summed E-state index contributed by atoms with van der Waals surface area (Å²) in [6.45, 7) is 1.78. The Morgan fingerprint density at radius 3 is 2.67 bits per heavy atom. The van der Waals surface area contributed by atoms with Gasteiger partial charge in [0, 0.05) is 19.8 Å². The molecular weight excluding hydrogens is 198 g/mol. The number of amides is 1. The number of carboxylic acids is 1. The molecule has 1 N–H and O–H groups in total. The molecule has 0 aliphatic heterocycles. The molecule has 0 aromatic carbocycles. The molecule has 0 aliphatic carbocycles. The molecule has 0 aliphatic rings. The molecule has 82 valence electrons. The number of nitrogens with zero attached hydrogens (tertiary/aromatic N) is 3. The van der Waals surface area contributed by atoms with E-state index < -0.39 is 5.97 Å². The van der Waals surface area contributed by atoms with Crippen LogP contribution in [0.3, 0.4) is 0 Å². The number of aliphatic carboxylic acids is 1. The van der Waals surface area contributed by atoms with Crippen molar-refractivity contribution in [2.24, 2.45) is 7.05 Å². The molecule has 0 bridgehead atoms. The summed E-state index contributed by atoms with van der Waals surface area (Å²) in [4.78, 5) is 23.4. The largest absolute Gasteiger partial charge is 0.480 e. The Kier molecular flexibility index (Phi) is 3.43. The fourth-order valence-electron chi connectivity index (χ4n) is 1.18. The quantitative estimate of drug-likeness (QED) is 0.758. The van der Waals surface area contributed by atoms with Crippen molar-refractivity contribution in [3.63, 3.8) is 0 Å². The van der Waals surface area contributed by atoms with Crippen LogP contribution in [-0.2, 0) is 11.8 Å². The van der Waals surface area contributed by atoms with Gasteiger partial charge in [-0.1, -0.05) is 0 Å². The van der Waals surface area contributed by atoms with Crippen molar-refractivity contribution in [1.82, 2.24) is 14.7 Å². The number of hydrogen-bond donors (Lipinski definition) is 1. The van der Waals surface area contributed by atoms with Gasteiger partial charge in [0.1, 0.15) is 12.2 Å². The molecule has 0 saturated heterocycles. The van der Waals surface area contributed by atoms with Gasteiger partial charge >= 0.3 is 5.97 Å². The summed E-state index contributed by atoms with van der Waals surface area (Å²) in [5.41, 5.74) is 0.264. The lowest BCUT2D eigenvalue weighted by atomic mass is 10.3. The predicted molar refractivity (Wildman–Crippen MR) is 52.4 cm³/mol. The van der Waals surface area contributed by atoms with Gasteiger partial charge in [-0.05, 0) is 13.0 Å². The zero-order chi connectivity index (χ0) is 11.4. The highest BCUT2D eigenvalue weighted by molar-refractivity contribution is 5.94. The number of carboxylic acid groups (broad SMARTS) is 1. The van der Waals surface area contributed by atoms with Gasteiger partial charge in [0.15, 0.2) is 0 Å². The first-order valence-electron chi connectivity index (χ1n) is 4.55. The van der Waals surface area contributed by atoms with Crippen LogP contribution in [0, 0.1) is 0 Å². The Hall–Kier alpha value is -1.85. The summed E-state index contributed by atoms with van der Waals surface area (Å²) < 4.78 is 1.50. The lowest BCUT2D eigenvalue weighted by molar-refractivity contribution is -0.137. The van der Waals surface area contributed by atoms with Gasteiger partial charge in [0.05, 0.1) is 0 Å². The second-order valence-electron chi connectivity index (χ2n) is 3.09. The average Bonchev–Trinajstić information content (AvgIpc) is 2.60. The van der Waals surface area contributed by atoms with E-state index in [4.69, 9.17) is 5.11 Å². The van der Waals surface area contributed by atoms with Gasteiger partial charge in [0.25, 0.3) is 5.91 Å². The van der Waals surface area contributed by atoms with Crippen molar-refractivity contribution in [1.29, 1.82) is 0 Å². The Balaban J connectivity index is 2.77. The van der Waals surface area contributed by atoms with Gasteiger partial charge in [-0.2, -0.15) is 5.10 Å². The Bertz CT molecular complexity index is 372. The summed E-state index contributed by atoms with van der Waals surface area (Å²) in [6, 6.07) is 1.56. The first kappa shape index (κ1) is 11.2. The van der Waals surface area contributed by atoms with Gasteiger partial charge in [0.2, 0.25) is 0 Å². The van der Waals surface area contributed by atoms with Gasteiger partial charge < -0.3 is 10.0 Å². The molecule has 1 rings (SSSR count). The zero-order valence-corrected chi connectivity index (χ0v) is 8.67. The third-order valence-corrected chi connectivity index (χ3v) is 1.93. The van der Waals surface area contributed by atoms with Crippen molar-refractivity contribution >= 4 is 11.9 Å². The minimum atomic E-state index is -1.03. The monoisotopic (exact) mass is 211 g/mol. The number of rotatable bonds is 4. The van der Waals surface area contributed by atoms with E-state index in [9.17, 15) is 9.59 Å². The minimum Gasteiger partial charge on any atom is -0.480 e. The van der Waals surface area contributed by atoms with Crippen molar-refractivity contribution in [2.45, 2.75) is 6.92 Å². The van der Waals surface area contributed by atoms with Crippen LogP contribution >= 0.6 is 0 Å². The third kappa shape index (κ3) is 2.80. The first-order valence-corrected chi connectivity index (χ1v) is 4.55. The summed E-state index contributed by atoms with van der Waals surface area (Å²) >= 11 is 0. The molecule has 0 spiro atoms. The Morgan fingerprint density at radius 1 is 1.60 bits per heavy atom. The molecule has 6 heteroatoms. The second-order valence-corrected chi connectivity index (χ2v) is 3.09. The highest BCUT2D eigenvalue weighted by Gasteiger charge is 2.18. The molecule has 1 amide bonds. The lowest BCUT2D eigenvalue weighted by Gasteiger charge is -2.16. The van der Waals surface area contributed by atoms with Crippen molar-refractivity contribution < 1.29 is 14.7 Å². The Morgan fingerprint density at radius 2 is 2.27 bits per heavy atom. The second kappa shape index (κ2) is 4.59. The fourth-order valence-corrected chi connectivity index (χ4v) is 1.18. The van der Waals surface area contributed by atoms with Gasteiger partial charge in [-0.3, -0.25) is 14.3 Å². The summed E-state index contributed by atoms with van der Waals surface area (Å²) in [6.07, 6.45) is 1.64. The van der Waals surface area contributed by atoms with Crippen LogP contribution in [-0.4, -0.2) is 44.8 Å². The molecule has 0 saturated carbocycles. The molecule has 0 atom stereocenters. The maximum absolute atomic E-state index is 11.7. The van der Waals surface area contributed by atoms with Crippen LogP contribution < -0.4 is 0 Å². The topological polar surface area (TPSA) is 75.4 Å². The summed E-state index contributed by atoms with van der Waals surface area (Å²) in [5, 5.41) is 12.5. The van der Waals surface area contributed by atoms with Crippen LogP contribution in [0.5, 0.6) is 0 Å². The number of aryl methyl sites for hydroxylation is 1. The van der Waals surface area contributed by atoms with Crippen LogP contribution in [0.15, 0.2) is 12.3 Å². The van der Waals surface area contributed by atoms with E-state index in [0.717, 1.165) is 0 Å². The minimum absolute atomic E-state index is 0.264. The van der Waals surface area contributed by atoms with Crippen LogP contribution in [0.25, 0.3) is 0 Å². The zero-order valence-electron chi connectivity index (χ0n) is 8.67. The van der Waals surface area contributed by atoms with Crippen molar-refractivity contribution in [2.75, 3.05) is 13.1 Å². The highest BCUT2D eigenvalue weighted by Crippen LogP contribution is 2.01. The highest BCUT2D eigenvalue weighted by atomic mass is 16.4. The molecular formula is C9H13N3O3. The van der Waals surface area contributed by atoms with E-state index in [1.165, 1.54) is 9.58 Å². The standard InChI is InChI=1S/C9H13N3O3/c1-3-12(6-8(13)14)9(15)7-4-5-11(2)10-7/h4-5H,3,6H2,1-2H3,(H,13,14). The van der Waals surface area contributed by atoms with Crippen LogP contribution in [0.1, 0.15) is 17.4 Å². The van der Waals surface area contributed by atoms with Crippen LogP contribution in [0.2, 0.25) is 0 Å². The number of likely N-dealkylation sites (N-methyl/N-ethyl adjacent to an activating group) is 1. The average molecular weight is 211 g/mol. The SMILES string of the molecule is CCN(CC(=O)O)C(=O)c1ccn(C)n1. The first-order chi connectivity index (χ1) is 7.04. The maximum atomic E-state index is 11.7. The lowest BCUT2D eigenvalue weighted by Crippen LogP contribution is -2.35. The van der Waals surface area contributed by atoms with Crippen LogP contribution in [0.4, 0.5) is 0 Å². The molecule has 15 heavy (non-hydrogen) atoms. The number of carbonyl (C=O) groups is 2. The number of aromatic nitrogens is 2. The van der Waals surface area contributed by atoms with Crippen molar-refractivity contribution in [3.05, 3.63) is 18.0 Å². The molecule has 1 heterocycles. The smallest absolute Gasteiger partial charge is 0.323 e. The van der Waals surface area contributed by atoms with E-state index in [-0.39, 0.29) is 18.1 Å². The summed E-state index contributed by atoms with van der Waals surface area (Å²) in [5.74, 6) is -1.39. The summed E-state index contributed by atoms with van der Waals surface area (Å²) in [7, 11) is 1.70.